The molecule has 0 aromatic carbocycles. The number of nitrogens with two attached hydrogens (primary N) is 1. The second-order valence-electron chi connectivity index (χ2n) is 6.66. The number of hydrogen-bond acceptors (Lipinski definition) is 7. The average molecular weight is 359 g/mol. The Balaban J connectivity index is 1.99. The van der Waals surface area contributed by atoms with Crippen molar-refractivity contribution in [1.29, 1.82) is 0 Å². The molecule has 3 N–H and O–H groups in total. The van der Waals surface area contributed by atoms with Gasteiger partial charge in [0.1, 0.15) is 5.82 Å². The molecule has 2 heterocycles. The zero-order chi connectivity index (χ0) is 18.8. The number of anilines is 3. The van der Waals surface area contributed by atoms with Crippen molar-refractivity contribution in [3.63, 3.8) is 0 Å². The van der Waals surface area contributed by atoms with Crippen LogP contribution in [-0.4, -0.2) is 35.4 Å². The molecule has 0 saturated heterocycles. The van der Waals surface area contributed by atoms with Gasteiger partial charge in [-0.15, -0.1) is 0 Å². The number of nitrogens with one attached hydrogen (secondary N) is 1. The Labute approximate surface area is 152 Å². The molecule has 26 heavy (non-hydrogen) atoms. The number of rotatable bonds is 7. The van der Waals surface area contributed by atoms with Crippen molar-refractivity contribution >= 4 is 17.3 Å². The van der Waals surface area contributed by atoms with Crippen molar-refractivity contribution in [3.05, 3.63) is 33.9 Å². The van der Waals surface area contributed by atoms with Gasteiger partial charge >= 0.3 is 0 Å². The van der Waals surface area contributed by atoms with E-state index < -0.39 is 0 Å². The van der Waals surface area contributed by atoms with Crippen LogP contribution in [0.2, 0.25) is 0 Å². The standard InChI is InChI=1S/C18H25N5O3/c1-10-7-13(11(2)20-17(10)26-4)21-16-18(24)23(8-15(19)22-16)14(9-25-3)12-5-6-12/h7-8,12,14H,5-6,9,19H2,1-4H3,(H,21,22)/t14-/m1/s1. The van der Waals surface area contributed by atoms with E-state index in [0.29, 0.717) is 29.8 Å². The smallest absolute Gasteiger partial charge is 0.294 e. The summed E-state index contributed by atoms with van der Waals surface area (Å²) in [6, 6.07) is 1.85. The van der Waals surface area contributed by atoms with Gasteiger partial charge in [-0.1, -0.05) is 0 Å². The number of pyridine rings is 1. The molecule has 1 saturated carbocycles. The van der Waals surface area contributed by atoms with Gasteiger partial charge in [0, 0.05) is 18.9 Å². The molecule has 2 aromatic heterocycles. The van der Waals surface area contributed by atoms with Gasteiger partial charge < -0.3 is 25.1 Å². The molecule has 0 aliphatic heterocycles. The van der Waals surface area contributed by atoms with Crippen LogP contribution in [0.5, 0.6) is 5.88 Å². The summed E-state index contributed by atoms with van der Waals surface area (Å²) in [4.78, 5) is 21.6. The van der Waals surface area contributed by atoms with Gasteiger partial charge in [0.25, 0.3) is 5.56 Å². The van der Waals surface area contributed by atoms with Gasteiger partial charge in [-0.05, 0) is 38.7 Å². The maximum atomic E-state index is 13.0. The zero-order valence-corrected chi connectivity index (χ0v) is 15.6. The van der Waals surface area contributed by atoms with Crippen LogP contribution >= 0.6 is 0 Å². The third-order valence-corrected chi connectivity index (χ3v) is 4.61. The summed E-state index contributed by atoms with van der Waals surface area (Å²) >= 11 is 0. The van der Waals surface area contributed by atoms with Crippen molar-refractivity contribution in [1.82, 2.24) is 14.5 Å². The molecule has 140 valence electrons. The fourth-order valence-corrected chi connectivity index (χ4v) is 3.10. The fraction of sp³-hybridized carbons (Fsp3) is 0.500. The van der Waals surface area contributed by atoms with Crippen molar-refractivity contribution in [3.8, 4) is 5.88 Å². The lowest BCUT2D eigenvalue weighted by Crippen LogP contribution is -2.31. The highest BCUT2D eigenvalue weighted by Crippen LogP contribution is 2.39. The van der Waals surface area contributed by atoms with Crippen LogP contribution in [0.4, 0.5) is 17.3 Å². The zero-order valence-electron chi connectivity index (χ0n) is 15.6. The summed E-state index contributed by atoms with van der Waals surface area (Å²) in [5.74, 6) is 1.46. The van der Waals surface area contributed by atoms with Gasteiger partial charge in [0.2, 0.25) is 5.88 Å². The van der Waals surface area contributed by atoms with Crippen molar-refractivity contribution in [2.45, 2.75) is 32.7 Å². The molecule has 1 fully saturated rings. The Hall–Kier alpha value is -2.61. The molecule has 0 amide bonds. The van der Waals surface area contributed by atoms with Crippen LogP contribution < -0.4 is 21.3 Å². The van der Waals surface area contributed by atoms with Crippen molar-refractivity contribution < 1.29 is 9.47 Å². The van der Waals surface area contributed by atoms with Crippen LogP contribution in [0.1, 0.15) is 30.1 Å². The van der Waals surface area contributed by atoms with E-state index in [-0.39, 0.29) is 23.2 Å². The SMILES string of the molecule is COC[C@H](C1CC1)n1cc(N)nc(Nc2cc(C)c(OC)nc2C)c1=O. The molecule has 1 aliphatic carbocycles. The summed E-state index contributed by atoms with van der Waals surface area (Å²) in [7, 11) is 3.22. The summed E-state index contributed by atoms with van der Waals surface area (Å²) in [5.41, 5.74) is 8.00. The number of aromatic nitrogens is 3. The summed E-state index contributed by atoms with van der Waals surface area (Å²) in [6.07, 6.45) is 3.78. The van der Waals surface area contributed by atoms with Gasteiger partial charge in [0.05, 0.1) is 31.1 Å². The number of methoxy groups -OCH3 is 2. The molecule has 0 unspecified atom stereocenters. The number of ether oxygens (including phenoxy) is 2. The first-order valence-corrected chi connectivity index (χ1v) is 8.61. The molecule has 0 spiro atoms. The van der Waals surface area contributed by atoms with Gasteiger partial charge in [-0.3, -0.25) is 4.79 Å². The molecule has 3 rings (SSSR count). The minimum absolute atomic E-state index is 0.0322. The van der Waals surface area contributed by atoms with E-state index in [0.717, 1.165) is 18.4 Å². The van der Waals surface area contributed by atoms with Gasteiger partial charge in [0.15, 0.2) is 5.82 Å². The number of nitrogen functional groups attached to an aromatic ring is 1. The minimum Gasteiger partial charge on any atom is -0.481 e. The van der Waals surface area contributed by atoms with E-state index in [1.54, 1.807) is 25.0 Å². The Morgan fingerprint density at radius 1 is 1.35 bits per heavy atom. The van der Waals surface area contributed by atoms with Gasteiger partial charge in [-0.2, -0.15) is 0 Å². The lowest BCUT2D eigenvalue weighted by Gasteiger charge is -2.20. The lowest BCUT2D eigenvalue weighted by atomic mass is 10.2. The highest BCUT2D eigenvalue weighted by Gasteiger charge is 2.33. The maximum absolute atomic E-state index is 13.0. The second kappa shape index (κ2) is 7.33. The predicted molar refractivity (Wildman–Crippen MR) is 100 cm³/mol. The Morgan fingerprint density at radius 3 is 2.69 bits per heavy atom. The molecule has 0 bridgehead atoms. The second-order valence-corrected chi connectivity index (χ2v) is 6.66. The third kappa shape index (κ3) is 3.65. The molecule has 1 atom stereocenters. The first-order chi connectivity index (χ1) is 12.4. The molecule has 0 radical (unpaired) electrons. The van der Waals surface area contributed by atoms with E-state index in [4.69, 9.17) is 15.2 Å². The lowest BCUT2D eigenvalue weighted by molar-refractivity contribution is 0.143. The van der Waals surface area contributed by atoms with E-state index in [9.17, 15) is 4.79 Å². The highest BCUT2D eigenvalue weighted by atomic mass is 16.5. The Kier molecular flexibility index (Phi) is 5.13. The normalized spacial score (nSPS) is 14.9. The number of nitrogens with zero attached hydrogens (tertiary/aromatic N) is 3. The van der Waals surface area contributed by atoms with E-state index in [1.165, 1.54) is 0 Å². The Bertz CT molecular complexity index is 861. The monoisotopic (exact) mass is 359 g/mol. The molecule has 8 nitrogen and oxygen atoms in total. The molecule has 2 aromatic rings. The van der Waals surface area contributed by atoms with Crippen LogP contribution in [-0.2, 0) is 4.74 Å². The van der Waals surface area contributed by atoms with E-state index in [1.807, 2.05) is 19.9 Å². The van der Waals surface area contributed by atoms with Crippen molar-refractivity contribution in [2.75, 3.05) is 31.9 Å². The largest absolute Gasteiger partial charge is 0.481 e. The minimum atomic E-state index is -0.221. The molecule has 8 heteroatoms. The molecular formula is C18H25N5O3. The van der Waals surface area contributed by atoms with Crippen LogP contribution in [0.15, 0.2) is 17.1 Å². The number of aryl methyl sites for hydroxylation is 2. The predicted octanol–water partition coefficient (Wildman–Crippen LogP) is 2.19. The first kappa shape index (κ1) is 18.2. The average Bonchev–Trinajstić information content (AvgIpc) is 3.43. The maximum Gasteiger partial charge on any atom is 0.294 e. The summed E-state index contributed by atoms with van der Waals surface area (Å²) < 4.78 is 12.2. The molecular weight excluding hydrogens is 334 g/mol. The third-order valence-electron chi connectivity index (χ3n) is 4.61. The summed E-state index contributed by atoms with van der Waals surface area (Å²) in [5, 5.41) is 3.09. The van der Waals surface area contributed by atoms with Crippen LogP contribution in [0.3, 0.4) is 0 Å². The molecule has 1 aliphatic rings. The first-order valence-electron chi connectivity index (χ1n) is 8.61. The van der Waals surface area contributed by atoms with Gasteiger partial charge in [-0.25, -0.2) is 9.97 Å². The van der Waals surface area contributed by atoms with Crippen LogP contribution in [0.25, 0.3) is 0 Å². The van der Waals surface area contributed by atoms with E-state index in [2.05, 4.69) is 15.3 Å². The quantitative estimate of drug-likeness (QED) is 0.781. The fourth-order valence-electron chi connectivity index (χ4n) is 3.10. The number of hydrogen-bond donors (Lipinski definition) is 2. The topological polar surface area (TPSA) is 104 Å². The van der Waals surface area contributed by atoms with E-state index >= 15 is 0 Å². The van der Waals surface area contributed by atoms with Crippen molar-refractivity contribution in [2.24, 2.45) is 5.92 Å². The summed E-state index contributed by atoms with van der Waals surface area (Å²) in [6.45, 7) is 4.20. The highest BCUT2D eigenvalue weighted by molar-refractivity contribution is 5.61. The Morgan fingerprint density at radius 2 is 2.08 bits per heavy atom. The van der Waals surface area contributed by atoms with Crippen LogP contribution in [0, 0.1) is 19.8 Å².